The maximum atomic E-state index is 15.2. The molecule has 0 aliphatic carbocycles. The van der Waals surface area contributed by atoms with Gasteiger partial charge in [-0.2, -0.15) is 0 Å². The first-order chi connectivity index (χ1) is 18.4. The largest absolute Gasteiger partial charge is 0.533 e. The van der Waals surface area contributed by atoms with Crippen molar-refractivity contribution in [2.45, 2.75) is 20.8 Å². The molecule has 0 bridgehead atoms. The van der Waals surface area contributed by atoms with Crippen molar-refractivity contribution in [2.75, 3.05) is 0 Å². The molecule has 17 heteroatoms. The highest BCUT2D eigenvalue weighted by Gasteiger charge is 2.59. The molecule has 0 saturated heterocycles. The van der Waals surface area contributed by atoms with Gasteiger partial charge in [0.15, 0.2) is 69.8 Å². The summed E-state index contributed by atoms with van der Waals surface area (Å²) in [6.07, 6.45) is 0. The zero-order valence-corrected chi connectivity index (χ0v) is 20.6. The van der Waals surface area contributed by atoms with Crippen LogP contribution < -0.4 is 15.6 Å². The topological polar surface area (TPSA) is 9.23 Å². The summed E-state index contributed by atoms with van der Waals surface area (Å²) < 4.78 is 224. The van der Waals surface area contributed by atoms with E-state index in [1.54, 1.807) is 0 Å². The van der Waals surface area contributed by atoms with Crippen LogP contribution in [0.4, 0.5) is 65.9 Å². The maximum Gasteiger partial charge on any atom is 0.364 e. The van der Waals surface area contributed by atoms with Crippen molar-refractivity contribution in [2.24, 2.45) is 0 Å². The number of rotatable bonds is 5. The predicted octanol–water partition coefficient (Wildman–Crippen LogP) is 6.07. The highest BCUT2D eigenvalue weighted by Crippen LogP contribution is 2.30. The molecule has 0 saturated carbocycles. The lowest BCUT2D eigenvalue weighted by Gasteiger charge is -2.35. The van der Waals surface area contributed by atoms with Crippen LogP contribution in [0.15, 0.2) is 11.3 Å². The molecule has 0 unspecified atom stereocenters. The second-order valence-corrected chi connectivity index (χ2v) is 11.2. The van der Waals surface area contributed by atoms with Gasteiger partial charge in [-0.1, -0.05) is 0 Å². The minimum Gasteiger partial charge on any atom is -0.533 e. The summed E-state index contributed by atoms with van der Waals surface area (Å²) in [5.74, 6) is -47.0. The van der Waals surface area contributed by atoms with E-state index in [4.69, 9.17) is 4.43 Å². The van der Waals surface area contributed by atoms with Gasteiger partial charge in [-0.3, -0.25) is 0 Å². The van der Waals surface area contributed by atoms with Crippen LogP contribution in [-0.4, -0.2) is 8.32 Å². The molecule has 1 nitrogen and oxygen atoms in total. The molecule has 3 aromatic carbocycles. The number of benzene rings is 3. The molecule has 0 aliphatic rings. The molecule has 0 atom stereocenters. The molecule has 0 radical (unpaired) electrons. The Bertz CT molecular complexity index is 1360. The van der Waals surface area contributed by atoms with Gasteiger partial charge in [-0.05, 0) is 26.3 Å². The summed E-state index contributed by atoms with van der Waals surface area (Å²) in [7, 11) is -7.32. The van der Waals surface area contributed by atoms with Gasteiger partial charge in [0.25, 0.3) is 0 Å². The minimum atomic E-state index is -7.32. The van der Waals surface area contributed by atoms with E-state index in [1.165, 1.54) is 0 Å². The van der Waals surface area contributed by atoms with E-state index in [9.17, 15) is 39.5 Å². The van der Waals surface area contributed by atoms with Crippen molar-refractivity contribution in [1.82, 2.24) is 0 Å². The molecule has 0 fully saturated rings. The molecule has 40 heavy (non-hydrogen) atoms. The second-order valence-electron chi connectivity index (χ2n) is 8.17. The molecule has 0 heterocycles. The Morgan fingerprint density at radius 3 is 0.700 bits per heavy atom. The summed E-state index contributed by atoms with van der Waals surface area (Å²) in [6.45, 7) is 2.68. The molecule has 216 valence electrons. The minimum absolute atomic E-state index is 0.284. The monoisotopic (exact) mass is 614 g/mol. The molecular formula is C23H9F15OSi. The van der Waals surface area contributed by atoms with Crippen LogP contribution in [-0.2, 0) is 4.43 Å². The van der Waals surface area contributed by atoms with E-state index in [0.717, 1.165) is 13.8 Å². The second kappa shape index (κ2) is 10.4. The quantitative estimate of drug-likeness (QED) is 0.0848. The molecule has 0 spiro atoms. The van der Waals surface area contributed by atoms with Crippen LogP contribution in [0.3, 0.4) is 0 Å². The average molecular weight is 614 g/mol. The third kappa shape index (κ3) is 4.21. The van der Waals surface area contributed by atoms with Crippen LogP contribution in [0.2, 0.25) is 0 Å². The zero-order valence-electron chi connectivity index (χ0n) is 19.6. The van der Waals surface area contributed by atoms with Crippen LogP contribution in [0.25, 0.3) is 0 Å². The Hall–Kier alpha value is -3.63. The van der Waals surface area contributed by atoms with E-state index in [-0.39, 0.29) is 5.57 Å². The Kier molecular flexibility index (Phi) is 8.04. The van der Waals surface area contributed by atoms with Crippen molar-refractivity contribution >= 4 is 23.9 Å². The number of hydrogen-bond donors (Lipinski definition) is 0. The van der Waals surface area contributed by atoms with Crippen LogP contribution in [0.5, 0.6) is 0 Å². The third-order valence-corrected chi connectivity index (χ3v) is 9.74. The van der Waals surface area contributed by atoms with Crippen molar-refractivity contribution in [3.05, 3.63) is 98.6 Å². The first-order valence-electron chi connectivity index (χ1n) is 10.2. The predicted molar refractivity (Wildman–Crippen MR) is 108 cm³/mol. The molecular weight excluding hydrogens is 605 g/mol. The van der Waals surface area contributed by atoms with Gasteiger partial charge in [0.05, 0.1) is 21.3 Å². The fourth-order valence-corrected chi connectivity index (χ4v) is 7.83. The van der Waals surface area contributed by atoms with E-state index in [2.05, 4.69) is 0 Å². The Morgan fingerprint density at radius 1 is 0.350 bits per heavy atom. The first-order valence-corrected chi connectivity index (χ1v) is 12.2. The highest BCUT2D eigenvalue weighted by molar-refractivity contribution is 7.07. The van der Waals surface area contributed by atoms with Gasteiger partial charge in [0, 0.05) is 0 Å². The number of allylic oxidation sites excluding steroid dienone is 2. The van der Waals surface area contributed by atoms with Gasteiger partial charge < -0.3 is 4.43 Å². The van der Waals surface area contributed by atoms with E-state index >= 15 is 26.3 Å². The molecule has 3 rings (SSSR count). The van der Waals surface area contributed by atoms with E-state index in [1.807, 2.05) is 0 Å². The lowest BCUT2D eigenvalue weighted by atomic mass is 10.3. The molecule has 0 aliphatic heterocycles. The Morgan fingerprint density at radius 2 is 0.525 bits per heavy atom. The summed E-state index contributed by atoms with van der Waals surface area (Å²) in [5, 5.41) is -8.26. The fourth-order valence-electron chi connectivity index (χ4n) is 3.60. The lowest BCUT2D eigenvalue weighted by Crippen LogP contribution is -2.75. The maximum absolute atomic E-state index is 15.2. The Labute approximate surface area is 214 Å². The van der Waals surface area contributed by atoms with Crippen LogP contribution in [0.1, 0.15) is 20.8 Å². The molecule has 0 amide bonds. The summed E-state index contributed by atoms with van der Waals surface area (Å²) in [5.41, 5.74) is -0.284. The van der Waals surface area contributed by atoms with E-state index in [0.29, 0.717) is 6.92 Å². The molecule has 0 N–H and O–H groups in total. The van der Waals surface area contributed by atoms with Gasteiger partial charge in [0.1, 0.15) is 0 Å². The fraction of sp³-hybridized carbons (Fsp3) is 0.130. The number of halogens is 15. The Balaban J connectivity index is 2.95. The van der Waals surface area contributed by atoms with E-state index < -0.39 is 117 Å². The van der Waals surface area contributed by atoms with Gasteiger partial charge in [0.2, 0.25) is 17.5 Å². The van der Waals surface area contributed by atoms with Crippen molar-refractivity contribution in [3.63, 3.8) is 0 Å². The smallest absolute Gasteiger partial charge is 0.364 e. The summed E-state index contributed by atoms with van der Waals surface area (Å²) in [4.78, 5) is 0. The standard InChI is InChI=1S/C23H9F15OSi/c1-4(2)5(3)39-40(21-15(33)9(27)6(24)10(28)16(21)34,22-17(35)11(29)7(25)12(30)18(22)36)23-19(37)13(31)8(26)14(32)20(23)38/h1-3H3. The van der Waals surface area contributed by atoms with Crippen molar-refractivity contribution in [3.8, 4) is 0 Å². The first kappa shape index (κ1) is 30.9. The summed E-state index contributed by atoms with van der Waals surface area (Å²) >= 11 is 0. The van der Waals surface area contributed by atoms with Crippen molar-refractivity contribution < 1.29 is 70.3 Å². The van der Waals surface area contributed by atoms with Crippen molar-refractivity contribution in [1.29, 1.82) is 0 Å². The average Bonchev–Trinajstić information content (AvgIpc) is 2.90. The zero-order chi connectivity index (χ0) is 30.8. The summed E-state index contributed by atoms with van der Waals surface area (Å²) in [6, 6.07) is 0. The number of hydrogen-bond acceptors (Lipinski definition) is 1. The highest BCUT2D eigenvalue weighted by atomic mass is 28.4. The van der Waals surface area contributed by atoms with Crippen LogP contribution >= 0.6 is 0 Å². The van der Waals surface area contributed by atoms with Gasteiger partial charge >= 0.3 is 8.32 Å². The van der Waals surface area contributed by atoms with Gasteiger partial charge in [-0.15, -0.1) is 0 Å². The lowest BCUT2D eigenvalue weighted by molar-refractivity contribution is 0.365. The van der Waals surface area contributed by atoms with Gasteiger partial charge in [-0.25, -0.2) is 65.9 Å². The molecule has 3 aromatic rings. The normalized spacial score (nSPS) is 11.8. The van der Waals surface area contributed by atoms with Crippen LogP contribution in [0, 0.1) is 87.3 Å². The molecule has 0 aromatic heterocycles. The SMILES string of the molecule is CC(C)=C(C)O[Si](c1c(F)c(F)c(F)c(F)c1F)(c1c(F)c(F)c(F)c(F)c1F)c1c(F)c(F)c(F)c(F)c1F. The third-order valence-electron chi connectivity index (χ3n) is 5.70.